The first-order chi connectivity index (χ1) is 16.0. The van der Waals surface area contributed by atoms with Gasteiger partial charge in [-0.1, -0.05) is 47.1 Å². The van der Waals surface area contributed by atoms with Gasteiger partial charge < -0.3 is 9.74 Å². The van der Waals surface area contributed by atoms with Crippen LogP contribution >= 0.6 is 23.4 Å². The maximum atomic E-state index is 15.3. The Morgan fingerprint density at radius 2 is 1.76 bits per heavy atom. The lowest BCUT2D eigenvalue weighted by atomic mass is 9.84. The third-order valence-corrected chi connectivity index (χ3v) is 8.06. The minimum Gasteiger partial charge on any atom is -0.374 e. The van der Waals surface area contributed by atoms with Gasteiger partial charge in [-0.05, 0) is 23.3 Å². The number of likely N-dealkylation sites (tertiary alicyclic amines) is 1. The van der Waals surface area contributed by atoms with Crippen molar-refractivity contribution in [3.05, 3.63) is 70.0 Å². The summed E-state index contributed by atoms with van der Waals surface area (Å²) in [6.07, 6.45) is -5.51. The number of hydrogen-bond acceptors (Lipinski definition) is 4. The number of nitrogens with zero attached hydrogens (tertiary/aromatic N) is 2. The summed E-state index contributed by atoms with van der Waals surface area (Å²) in [6, 6.07) is 8.63. The van der Waals surface area contributed by atoms with E-state index in [0.717, 1.165) is 29.7 Å². The Morgan fingerprint density at radius 1 is 1.12 bits per heavy atom. The second kappa shape index (κ2) is 8.12. The number of benzene rings is 2. The fourth-order valence-corrected chi connectivity index (χ4v) is 5.24. The number of carbonyl (C=O) groups excluding carboxylic acids is 1. The highest BCUT2D eigenvalue weighted by Crippen LogP contribution is 2.49. The van der Waals surface area contributed by atoms with Gasteiger partial charge in [-0.25, -0.2) is 8.78 Å². The second-order valence-corrected chi connectivity index (χ2v) is 10.2. The molecule has 0 N–H and O–H groups in total. The van der Waals surface area contributed by atoms with Crippen molar-refractivity contribution < 1.29 is 31.6 Å². The molecule has 5 rings (SSSR count). The first-order valence-electron chi connectivity index (χ1n) is 10.5. The largest absolute Gasteiger partial charge is 0.435 e. The molecule has 0 aliphatic carbocycles. The molecule has 2 aromatic rings. The number of halogens is 6. The molecule has 0 radical (unpaired) electrons. The molecule has 1 unspecified atom stereocenters. The van der Waals surface area contributed by atoms with E-state index in [4.69, 9.17) is 16.4 Å². The summed E-state index contributed by atoms with van der Waals surface area (Å²) in [5.41, 5.74) is -4.17. The Hall–Kier alpha value is -2.33. The molecular formula is C23H18ClF5N2O2S. The molecule has 2 fully saturated rings. The number of hydrogen-bond donors (Lipinski definition) is 0. The lowest BCUT2D eigenvalue weighted by Gasteiger charge is -2.46. The zero-order chi connectivity index (χ0) is 24.3. The molecule has 0 spiro atoms. The molecule has 3 aliphatic rings. The lowest BCUT2D eigenvalue weighted by molar-refractivity contribution is -0.275. The molecule has 3 aliphatic heterocycles. The van der Waals surface area contributed by atoms with Crippen LogP contribution in [0.15, 0.2) is 47.6 Å². The molecule has 4 nitrogen and oxygen atoms in total. The normalized spacial score (nSPS) is 24.2. The summed E-state index contributed by atoms with van der Waals surface area (Å²) >= 11 is 7.38. The average Bonchev–Trinajstić information content (AvgIpc) is 3.19. The third-order valence-electron chi connectivity index (χ3n) is 6.49. The maximum absolute atomic E-state index is 15.3. The lowest BCUT2D eigenvalue weighted by Crippen LogP contribution is -2.61. The van der Waals surface area contributed by atoms with Crippen LogP contribution in [-0.2, 0) is 20.9 Å². The molecule has 0 aromatic heterocycles. The summed E-state index contributed by atoms with van der Waals surface area (Å²) in [5.74, 6) is 0.599. The molecule has 0 saturated carbocycles. The minimum absolute atomic E-state index is 0.0186. The summed E-state index contributed by atoms with van der Waals surface area (Å²) < 4.78 is 71.0. The van der Waals surface area contributed by atoms with Crippen LogP contribution in [0.2, 0.25) is 5.02 Å². The average molecular weight is 517 g/mol. The Morgan fingerprint density at radius 3 is 2.32 bits per heavy atom. The van der Waals surface area contributed by atoms with Crippen LogP contribution in [0.4, 0.5) is 22.0 Å². The maximum Gasteiger partial charge on any atom is 0.435 e. The minimum atomic E-state index is -4.86. The van der Waals surface area contributed by atoms with Gasteiger partial charge in [0.2, 0.25) is 5.91 Å². The van der Waals surface area contributed by atoms with Gasteiger partial charge in [0.15, 0.2) is 5.67 Å². The first kappa shape index (κ1) is 23.4. The van der Waals surface area contributed by atoms with E-state index in [0.29, 0.717) is 11.1 Å². The molecule has 11 heteroatoms. The molecule has 180 valence electrons. The van der Waals surface area contributed by atoms with Crippen LogP contribution < -0.4 is 0 Å². The van der Waals surface area contributed by atoms with Gasteiger partial charge in [0.1, 0.15) is 5.82 Å². The van der Waals surface area contributed by atoms with Crippen LogP contribution in [0.25, 0.3) is 0 Å². The van der Waals surface area contributed by atoms with E-state index < -0.39 is 34.7 Å². The van der Waals surface area contributed by atoms with Gasteiger partial charge in [-0.3, -0.25) is 4.79 Å². The topological polar surface area (TPSA) is 41.9 Å². The molecular weight excluding hydrogens is 499 g/mol. The number of thioether (sulfide) groups is 1. The summed E-state index contributed by atoms with van der Waals surface area (Å²) in [5, 5.41) is 3.20. The van der Waals surface area contributed by atoms with Crippen LogP contribution in [0, 0.1) is 11.7 Å². The highest BCUT2D eigenvalue weighted by Gasteiger charge is 2.62. The monoisotopic (exact) mass is 516 g/mol. The molecule has 2 aromatic carbocycles. The van der Waals surface area contributed by atoms with Crippen LogP contribution in [0.1, 0.15) is 23.1 Å². The van der Waals surface area contributed by atoms with E-state index in [-0.39, 0.29) is 36.2 Å². The van der Waals surface area contributed by atoms with Gasteiger partial charge in [-0.2, -0.15) is 24.9 Å². The van der Waals surface area contributed by atoms with Crippen LogP contribution in [-0.4, -0.2) is 47.3 Å². The van der Waals surface area contributed by atoms with Crippen molar-refractivity contribution in [2.24, 2.45) is 11.1 Å². The summed E-state index contributed by atoms with van der Waals surface area (Å²) in [7, 11) is 0. The van der Waals surface area contributed by atoms with E-state index in [1.54, 1.807) is 11.8 Å². The van der Waals surface area contributed by atoms with E-state index in [1.165, 1.54) is 29.2 Å². The molecule has 1 atom stereocenters. The number of carbonyl (C=O) groups is 1. The van der Waals surface area contributed by atoms with Crippen molar-refractivity contribution >= 4 is 35.0 Å². The predicted molar refractivity (Wildman–Crippen MR) is 118 cm³/mol. The SMILES string of the molecule is O=C(C1CSC1)N1CC(F)(c2ccc(C3=NOC(c4ccc(F)c(Cl)c4)(C(F)(F)F)C3)cc2)C1. The fraction of sp³-hybridized carbons (Fsp3) is 0.391. The highest BCUT2D eigenvalue weighted by atomic mass is 35.5. The van der Waals surface area contributed by atoms with E-state index >= 15 is 4.39 Å². The molecule has 2 saturated heterocycles. The van der Waals surface area contributed by atoms with Crippen molar-refractivity contribution in [2.75, 3.05) is 24.6 Å². The van der Waals surface area contributed by atoms with Gasteiger partial charge >= 0.3 is 6.18 Å². The number of rotatable bonds is 4. The Balaban J connectivity index is 1.32. The zero-order valence-electron chi connectivity index (χ0n) is 17.5. The quantitative estimate of drug-likeness (QED) is 0.509. The van der Waals surface area contributed by atoms with Crippen molar-refractivity contribution in [1.82, 2.24) is 4.90 Å². The van der Waals surface area contributed by atoms with E-state index in [2.05, 4.69) is 5.16 Å². The number of alkyl halides is 4. The molecule has 34 heavy (non-hydrogen) atoms. The summed E-state index contributed by atoms with van der Waals surface area (Å²) in [6.45, 7) is -0.0855. The zero-order valence-corrected chi connectivity index (χ0v) is 19.1. The molecule has 1 amide bonds. The standard InChI is InChI=1S/C23H18ClF5N2O2S/c24-17-7-16(5-6-18(17)25)22(23(27,28)29)8-19(30-33-22)13-1-3-15(4-2-13)21(26)11-31(12-21)20(32)14-9-34-10-14/h1-7,14H,8-12H2. The Labute approximate surface area is 201 Å². The van der Waals surface area contributed by atoms with Crippen molar-refractivity contribution in [2.45, 2.75) is 23.9 Å². The van der Waals surface area contributed by atoms with Gasteiger partial charge in [0.05, 0.1) is 29.7 Å². The van der Waals surface area contributed by atoms with Gasteiger partial charge in [-0.15, -0.1) is 0 Å². The van der Waals surface area contributed by atoms with E-state index in [1.807, 2.05) is 0 Å². The second-order valence-electron chi connectivity index (χ2n) is 8.73. The van der Waals surface area contributed by atoms with Crippen LogP contribution in [0.3, 0.4) is 0 Å². The van der Waals surface area contributed by atoms with Gasteiger partial charge in [0.25, 0.3) is 5.60 Å². The smallest absolute Gasteiger partial charge is 0.374 e. The van der Waals surface area contributed by atoms with E-state index in [9.17, 15) is 22.4 Å². The Bertz CT molecular complexity index is 1160. The van der Waals surface area contributed by atoms with Crippen molar-refractivity contribution in [3.8, 4) is 0 Å². The predicted octanol–water partition coefficient (Wildman–Crippen LogP) is 5.43. The third kappa shape index (κ3) is 3.75. The first-order valence-corrected chi connectivity index (χ1v) is 12.0. The molecule has 0 bridgehead atoms. The van der Waals surface area contributed by atoms with Gasteiger partial charge in [0, 0.05) is 23.5 Å². The number of amides is 1. The molecule has 3 heterocycles. The van der Waals surface area contributed by atoms with Crippen LogP contribution in [0.5, 0.6) is 0 Å². The summed E-state index contributed by atoms with van der Waals surface area (Å²) in [4.78, 5) is 18.7. The van der Waals surface area contributed by atoms with Crippen molar-refractivity contribution in [1.29, 1.82) is 0 Å². The highest BCUT2D eigenvalue weighted by molar-refractivity contribution is 8.00. The Kier molecular flexibility index (Phi) is 5.59. The van der Waals surface area contributed by atoms with Crippen molar-refractivity contribution in [3.63, 3.8) is 0 Å². The fourth-order valence-electron chi connectivity index (χ4n) is 4.30. The number of oxime groups is 1.